The van der Waals surface area contributed by atoms with Gasteiger partial charge in [0, 0.05) is 17.2 Å². The van der Waals surface area contributed by atoms with E-state index in [1.165, 1.54) is 0 Å². The van der Waals surface area contributed by atoms with E-state index in [4.69, 9.17) is 11.6 Å². The van der Waals surface area contributed by atoms with Crippen LogP contribution in [0.15, 0.2) is 28.9 Å². The van der Waals surface area contributed by atoms with Crippen molar-refractivity contribution in [3.63, 3.8) is 0 Å². The van der Waals surface area contributed by atoms with E-state index in [1.54, 1.807) is 18.2 Å². The monoisotopic (exact) mass is 384 g/mol. The van der Waals surface area contributed by atoms with Gasteiger partial charge in [0.05, 0.1) is 22.4 Å². The fourth-order valence-corrected chi connectivity index (χ4v) is 3.26. The summed E-state index contributed by atoms with van der Waals surface area (Å²) < 4.78 is 11.0. The number of nitrogens with zero attached hydrogens (tertiary/aromatic N) is 3. The molecule has 108 valence electrons. The van der Waals surface area contributed by atoms with E-state index in [0.29, 0.717) is 34.0 Å². The van der Waals surface area contributed by atoms with Gasteiger partial charge in [0.25, 0.3) is 5.91 Å². The normalized spacial score (nSPS) is 11.0. The van der Waals surface area contributed by atoms with Gasteiger partial charge in [0.2, 0.25) is 0 Å². The third-order valence-corrected chi connectivity index (χ3v) is 4.34. The number of benzene rings is 1. The lowest BCUT2D eigenvalue weighted by molar-refractivity contribution is 0.101. The molecule has 0 aliphatic carbocycles. The first-order valence-corrected chi connectivity index (χ1v) is 8.08. The second kappa shape index (κ2) is 5.75. The standard InChI is InChI=1S/C13H10BrClN4OS/c1-2-19-6-7(14)5-10(19)13(20)16-11-8(15)3-4-9-12(11)18-21-17-9/h3-6H,2H2,1H3,(H,16,20). The maximum atomic E-state index is 12.5. The molecule has 0 bridgehead atoms. The van der Waals surface area contributed by atoms with Gasteiger partial charge in [-0.2, -0.15) is 8.75 Å². The molecule has 0 aliphatic rings. The molecule has 0 aliphatic heterocycles. The number of hydrogen-bond acceptors (Lipinski definition) is 4. The molecule has 3 aromatic rings. The molecule has 1 amide bonds. The maximum Gasteiger partial charge on any atom is 0.272 e. The second-order valence-corrected chi connectivity index (χ2v) is 6.19. The predicted octanol–water partition coefficient (Wildman–Crippen LogP) is 4.18. The van der Waals surface area contributed by atoms with Crippen LogP contribution in [0.1, 0.15) is 17.4 Å². The molecule has 5 nitrogen and oxygen atoms in total. The lowest BCUT2D eigenvalue weighted by atomic mass is 10.2. The van der Waals surface area contributed by atoms with E-state index >= 15 is 0 Å². The number of amides is 1. The fourth-order valence-electron chi connectivity index (χ4n) is 2.05. The molecular formula is C13H10BrClN4OS. The number of aromatic nitrogens is 3. The molecule has 3 rings (SSSR count). The van der Waals surface area contributed by atoms with E-state index in [0.717, 1.165) is 16.2 Å². The van der Waals surface area contributed by atoms with Crippen LogP contribution in [0.3, 0.4) is 0 Å². The Labute approximate surface area is 138 Å². The molecular weight excluding hydrogens is 376 g/mol. The average Bonchev–Trinajstić information content (AvgIpc) is 3.07. The van der Waals surface area contributed by atoms with E-state index in [9.17, 15) is 4.79 Å². The van der Waals surface area contributed by atoms with E-state index in [2.05, 4.69) is 30.0 Å². The number of carbonyl (C=O) groups excluding carboxylic acids is 1. The van der Waals surface area contributed by atoms with Crippen molar-refractivity contribution >= 4 is 61.9 Å². The van der Waals surface area contributed by atoms with Crippen molar-refractivity contribution in [2.75, 3.05) is 5.32 Å². The van der Waals surface area contributed by atoms with Crippen molar-refractivity contribution in [1.29, 1.82) is 0 Å². The first-order valence-electron chi connectivity index (χ1n) is 6.18. The van der Waals surface area contributed by atoms with E-state index in [1.807, 2.05) is 17.7 Å². The van der Waals surface area contributed by atoms with Crippen LogP contribution in [-0.2, 0) is 6.54 Å². The number of anilines is 1. The summed E-state index contributed by atoms with van der Waals surface area (Å²) in [6.45, 7) is 2.67. The Balaban J connectivity index is 2.00. The maximum absolute atomic E-state index is 12.5. The summed E-state index contributed by atoms with van der Waals surface area (Å²) in [5, 5.41) is 3.28. The largest absolute Gasteiger partial charge is 0.343 e. The van der Waals surface area contributed by atoms with Gasteiger partial charge in [-0.3, -0.25) is 4.79 Å². The third-order valence-electron chi connectivity index (χ3n) is 3.05. The quantitative estimate of drug-likeness (QED) is 0.735. The smallest absolute Gasteiger partial charge is 0.272 e. The Hall–Kier alpha value is -1.44. The molecule has 0 saturated carbocycles. The van der Waals surface area contributed by atoms with E-state index in [-0.39, 0.29) is 5.91 Å². The highest BCUT2D eigenvalue weighted by molar-refractivity contribution is 9.10. The molecule has 0 radical (unpaired) electrons. The van der Waals surface area contributed by atoms with Crippen LogP contribution < -0.4 is 5.32 Å². The first-order chi connectivity index (χ1) is 10.1. The van der Waals surface area contributed by atoms with Gasteiger partial charge in [-0.05, 0) is 41.1 Å². The summed E-state index contributed by atoms with van der Waals surface area (Å²) in [5.74, 6) is -0.232. The molecule has 0 fully saturated rings. The summed E-state index contributed by atoms with van der Waals surface area (Å²) >= 11 is 10.6. The summed E-state index contributed by atoms with van der Waals surface area (Å²) in [7, 11) is 0. The minimum absolute atomic E-state index is 0.232. The van der Waals surface area contributed by atoms with Crippen LogP contribution in [0.25, 0.3) is 11.0 Å². The topological polar surface area (TPSA) is 59.8 Å². The van der Waals surface area contributed by atoms with Crippen molar-refractivity contribution in [1.82, 2.24) is 13.3 Å². The Morgan fingerprint density at radius 1 is 1.48 bits per heavy atom. The van der Waals surface area contributed by atoms with Crippen molar-refractivity contribution in [2.45, 2.75) is 13.5 Å². The average molecular weight is 386 g/mol. The van der Waals surface area contributed by atoms with Crippen LogP contribution in [0.5, 0.6) is 0 Å². The van der Waals surface area contributed by atoms with Crippen LogP contribution in [-0.4, -0.2) is 19.2 Å². The highest BCUT2D eigenvalue weighted by Crippen LogP contribution is 2.30. The molecule has 0 unspecified atom stereocenters. The van der Waals surface area contributed by atoms with Gasteiger partial charge in [0.15, 0.2) is 0 Å². The summed E-state index contributed by atoms with van der Waals surface area (Å²) in [5.41, 5.74) is 2.37. The lowest BCUT2D eigenvalue weighted by Crippen LogP contribution is -2.16. The zero-order valence-corrected chi connectivity index (χ0v) is 14.1. The number of fused-ring (bicyclic) bond motifs is 1. The lowest BCUT2D eigenvalue weighted by Gasteiger charge is -2.09. The van der Waals surface area contributed by atoms with Crippen LogP contribution in [0.4, 0.5) is 5.69 Å². The second-order valence-electron chi connectivity index (χ2n) is 4.34. The van der Waals surface area contributed by atoms with Crippen LogP contribution in [0.2, 0.25) is 5.02 Å². The number of halogens is 2. The van der Waals surface area contributed by atoms with Crippen molar-refractivity contribution in [3.8, 4) is 0 Å². The zero-order valence-electron chi connectivity index (χ0n) is 10.9. The Morgan fingerprint density at radius 3 is 3.05 bits per heavy atom. The Morgan fingerprint density at radius 2 is 2.29 bits per heavy atom. The molecule has 2 heterocycles. The number of hydrogen-bond donors (Lipinski definition) is 1. The molecule has 1 N–H and O–H groups in total. The minimum Gasteiger partial charge on any atom is -0.343 e. The van der Waals surface area contributed by atoms with Crippen LogP contribution >= 0.6 is 39.3 Å². The van der Waals surface area contributed by atoms with Gasteiger partial charge in [-0.25, -0.2) is 0 Å². The number of rotatable bonds is 3. The zero-order chi connectivity index (χ0) is 15.0. The first kappa shape index (κ1) is 14.5. The molecule has 0 saturated heterocycles. The van der Waals surface area contributed by atoms with E-state index < -0.39 is 0 Å². The van der Waals surface area contributed by atoms with Gasteiger partial charge >= 0.3 is 0 Å². The van der Waals surface area contributed by atoms with Crippen LogP contribution in [0, 0.1) is 0 Å². The highest BCUT2D eigenvalue weighted by atomic mass is 79.9. The fraction of sp³-hybridized carbons (Fsp3) is 0.154. The molecule has 21 heavy (non-hydrogen) atoms. The molecule has 2 aromatic heterocycles. The van der Waals surface area contributed by atoms with Crippen molar-refractivity contribution in [3.05, 3.63) is 39.6 Å². The van der Waals surface area contributed by atoms with Gasteiger partial charge in [0.1, 0.15) is 16.7 Å². The predicted molar refractivity (Wildman–Crippen MR) is 88.2 cm³/mol. The molecule has 8 heteroatoms. The van der Waals surface area contributed by atoms with Crippen molar-refractivity contribution in [2.24, 2.45) is 0 Å². The highest BCUT2D eigenvalue weighted by Gasteiger charge is 2.17. The number of aryl methyl sites for hydroxylation is 1. The van der Waals surface area contributed by atoms with Crippen molar-refractivity contribution < 1.29 is 4.79 Å². The Bertz CT molecular complexity index is 829. The summed E-state index contributed by atoms with van der Waals surface area (Å²) in [6, 6.07) is 5.25. The van der Waals surface area contributed by atoms with Gasteiger partial charge < -0.3 is 9.88 Å². The minimum atomic E-state index is -0.232. The third kappa shape index (κ3) is 2.68. The molecule has 0 atom stereocenters. The molecule has 0 spiro atoms. The van der Waals surface area contributed by atoms with Gasteiger partial charge in [-0.1, -0.05) is 11.6 Å². The number of carbonyl (C=O) groups is 1. The summed E-state index contributed by atoms with van der Waals surface area (Å²) in [6.07, 6.45) is 1.86. The summed E-state index contributed by atoms with van der Waals surface area (Å²) in [4.78, 5) is 12.5. The SMILES string of the molecule is CCn1cc(Br)cc1C(=O)Nc1c(Cl)ccc2nsnc12. The number of nitrogens with one attached hydrogen (secondary N) is 1. The Kier molecular flexibility index (Phi) is 3.97. The molecule has 1 aromatic carbocycles. The van der Waals surface area contributed by atoms with Gasteiger partial charge in [-0.15, -0.1) is 0 Å².